The van der Waals surface area contributed by atoms with Crippen molar-refractivity contribution in [3.05, 3.63) is 41.1 Å². The van der Waals surface area contributed by atoms with Crippen molar-refractivity contribution < 1.29 is 0 Å². The molecule has 1 aliphatic rings. The van der Waals surface area contributed by atoms with Gasteiger partial charge < -0.3 is 9.30 Å². The van der Waals surface area contributed by atoms with Crippen LogP contribution in [0.3, 0.4) is 0 Å². The molecule has 0 N–H and O–H groups in total. The van der Waals surface area contributed by atoms with Crippen LogP contribution in [-0.4, -0.2) is 49.8 Å². The summed E-state index contributed by atoms with van der Waals surface area (Å²) >= 11 is 7.58. The van der Waals surface area contributed by atoms with E-state index in [1.54, 1.807) is 0 Å². The Morgan fingerprint density at radius 2 is 2.00 bits per heavy atom. The highest BCUT2D eigenvalue weighted by molar-refractivity contribution is 7.09. The molecule has 8 heteroatoms. The van der Waals surface area contributed by atoms with Gasteiger partial charge in [0.15, 0.2) is 0 Å². The minimum absolute atomic E-state index is 0.382. The number of hydrogen-bond donors (Lipinski definition) is 0. The van der Waals surface area contributed by atoms with Crippen LogP contribution in [-0.2, 0) is 6.54 Å². The lowest BCUT2D eigenvalue weighted by atomic mass is 10.2. The van der Waals surface area contributed by atoms with Gasteiger partial charge in [-0.05, 0) is 18.6 Å². The van der Waals surface area contributed by atoms with Crippen molar-refractivity contribution in [3.8, 4) is 0 Å². The summed E-state index contributed by atoms with van der Waals surface area (Å²) in [6, 6.07) is 3.84. The van der Waals surface area contributed by atoms with E-state index in [-0.39, 0.29) is 0 Å². The lowest BCUT2D eigenvalue weighted by Gasteiger charge is -2.20. The largest absolute Gasteiger partial charge is 0.346 e. The summed E-state index contributed by atoms with van der Waals surface area (Å²) in [5.74, 6) is 1.33. The molecule has 1 fully saturated rings. The zero-order valence-corrected chi connectivity index (χ0v) is 16.7. The maximum Gasteiger partial charge on any atom is 0.205 e. The summed E-state index contributed by atoms with van der Waals surface area (Å²) < 4.78 is 6.49. The van der Waals surface area contributed by atoms with Gasteiger partial charge >= 0.3 is 0 Å². The SMILES string of the molecule is CC(C)c1nsc(N2CCCN(Cc3cn4cc(Cl)ccc4n3)CC2)n1. The summed E-state index contributed by atoms with van der Waals surface area (Å²) in [5.41, 5.74) is 2.02. The topological polar surface area (TPSA) is 49.6 Å². The van der Waals surface area contributed by atoms with Crippen molar-refractivity contribution in [1.82, 2.24) is 23.6 Å². The predicted molar refractivity (Wildman–Crippen MR) is 106 cm³/mol. The number of imidazole rings is 1. The maximum atomic E-state index is 6.06. The van der Waals surface area contributed by atoms with Crippen molar-refractivity contribution in [1.29, 1.82) is 0 Å². The molecule has 0 bridgehead atoms. The summed E-state index contributed by atoms with van der Waals surface area (Å²) in [4.78, 5) is 14.2. The highest BCUT2D eigenvalue weighted by Gasteiger charge is 2.19. The molecule has 0 unspecified atom stereocenters. The van der Waals surface area contributed by atoms with Crippen molar-refractivity contribution in [2.75, 3.05) is 31.1 Å². The van der Waals surface area contributed by atoms with Crippen LogP contribution in [0, 0.1) is 0 Å². The molecule has 3 aromatic rings. The van der Waals surface area contributed by atoms with E-state index in [1.807, 2.05) is 22.7 Å². The monoisotopic (exact) mass is 390 g/mol. The third kappa shape index (κ3) is 3.84. The van der Waals surface area contributed by atoms with Crippen molar-refractivity contribution in [2.45, 2.75) is 32.7 Å². The first-order chi connectivity index (χ1) is 12.6. The van der Waals surface area contributed by atoms with Gasteiger partial charge in [0.2, 0.25) is 5.13 Å². The van der Waals surface area contributed by atoms with Crippen LogP contribution in [0.4, 0.5) is 5.13 Å². The number of fused-ring (bicyclic) bond motifs is 1. The van der Waals surface area contributed by atoms with Crippen LogP contribution < -0.4 is 4.90 Å². The molecule has 4 heterocycles. The Kier molecular flexibility index (Phi) is 5.11. The molecule has 0 amide bonds. The van der Waals surface area contributed by atoms with Gasteiger partial charge in [-0.3, -0.25) is 4.90 Å². The quantitative estimate of drug-likeness (QED) is 0.680. The third-order valence-electron chi connectivity index (χ3n) is 4.66. The molecule has 26 heavy (non-hydrogen) atoms. The molecule has 0 spiro atoms. The molecule has 4 rings (SSSR count). The molecule has 0 saturated carbocycles. The molecule has 1 saturated heterocycles. The molecule has 0 radical (unpaired) electrons. The lowest BCUT2D eigenvalue weighted by molar-refractivity contribution is 0.282. The number of aromatic nitrogens is 4. The van der Waals surface area contributed by atoms with E-state index in [2.05, 4.69) is 34.2 Å². The van der Waals surface area contributed by atoms with Gasteiger partial charge in [-0.1, -0.05) is 25.4 Å². The van der Waals surface area contributed by atoms with E-state index in [4.69, 9.17) is 21.6 Å². The zero-order chi connectivity index (χ0) is 18.1. The fraction of sp³-hybridized carbons (Fsp3) is 0.500. The fourth-order valence-corrected chi connectivity index (χ4v) is 4.26. The first-order valence-electron chi connectivity index (χ1n) is 9.02. The molecule has 6 nitrogen and oxygen atoms in total. The number of halogens is 1. The van der Waals surface area contributed by atoms with Gasteiger partial charge in [0.05, 0.1) is 10.7 Å². The molecular weight excluding hydrogens is 368 g/mol. The fourth-order valence-electron chi connectivity index (χ4n) is 3.23. The Morgan fingerprint density at radius 1 is 1.12 bits per heavy atom. The second kappa shape index (κ2) is 7.50. The Hall–Kier alpha value is -1.70. The van der Waals surface area contributed by atoms with Crippen LogP contribution in [0.25, 0.3) is 5.65 Å². The van der Waals surface area contributed by atoms with Crippen molar-refractivity contribution in [2.24, 2.45) is 0 Å². The van der Waals surface area contributed by atoms with Crippen LogP contribution in [0.15, 0.2) is 24.5 Å². The van der Waals surface area contributed by atoms with E-state index in [0.717, 1.165) is 66.5 Å². The van der Waals surface area contributed by atoms with Gasteiger partial charge in [0.1, 0.15) is 11.5 Å². The average Bonchev–Trinajstić information content (AvgIpc) is 3.17. The van der Waals surface area contributed by atoms with E-state index >= 15 is 0 Å². The minimum Gasteiger partial charge on any atom is -0.346 e. The van der Waals surface area contributed by atoms with Gasteiger partial charge in [0.25, 0.3) is 0 Å². The van der Waals surface area contributed by atoms with E-state index < -0.39 is 0 Å². The number of nitrogens with zero attached hydrogens (tertiary/aromatic N) is 6. The molecule has 1 aliphatic heterocycles. The summed E-state index contributed by atoms with van der Waals surface area (Å²) in [6.07, 6.45) is 5.10. The summed E-state index contributed by atoms with van der Waals surface area (Å²) in [7, 11) is 0. The average molecular weight is 391 g/mol. The van der Waals surface area contributed by atoms with E-state index in [0.29, 0.717) is 5.92 Å². The summed E-state index contributed by atoms with van der Waals surface area (Å²) in [5, 5.41) is 1.78. The predicted octanol–water partition coefficient (Wildman–Crippen LogP) is 3.67. The number of anilines is 1. The zero-order valence-electron chi connectivity index (χ0n) is 15.1. The van der Waals surface area contributed by atoms with E-state index in [1.165, 1.54) is 11.5 Å². The second-order valence-electron chi connectivity index (χ2n) is 7.05. The van der Waals surface area contributed by atoms with Gasteiger partial charge in [-0.15, -0.1) is 0 Å². The minimum atomic E-state index is 0.382. The van der Waals surface area contributed by atoms with Crippen LogP contribution >= 0.6 is 23.1 Å². The van der Waals surface area contributed by atoms with Crippen molar-refractivity contribution >= 4 is 33.9 Å². The Bertz CT molecular complexity index is 889. The summed E-state index contributed by atoms with van der Waals surface area (Å²) in [6.45, 7) is 9.22. The molecule has 138 valence electrons. The second-order valence-corrected chi connectivity index (χ2v) is 8.22. The molecule has 3 aromatic heterocycles. The Balaban J connectivity index is 1.41. The number of pyridine rings is 1. The standard InChI is InChI=1S/C18H23ClN6S/c1-13(2)17-21-18(26-22-17)24-7-3-6-23(8-9-24)11-15-12-25-10-14(19)4-5-16(25)20-15/h4-5,10,12-13H,3,6-9,11H2,1-2H3. The van der Waals surface area contributed by atoms with Crippen LogP contribution in [0.5, 0.6) is 0 Å². The highest BCUT2D eigenvalue weighted by Crippen LogP contribution is 2.23. The van der Waals surface area contributed by atoms with Crippen molar-refractivity contribution in [3.63, 3.8) is 0 Å². The molecular formula is C18H23ClN6S. The first kappa shape index (κ1) is 17.7. The third-order valence-corrected chi connectivity index (χ3v) is 5.67. The normalized spacial score (nSPS) is 16.5. The lowest BCUT2D eigenvalue weighted by Crippen LogP contribution is -2.30. The number of rotatable bonds is 4. The van der Waals surface area contributed by atoms with Gasteiger partial charge in [0, 0.05) is 62.6 Å². The Labute approximate surface area is 162 Å². The van der Waals surface area contributed by atoms with Gasteiger partial charge in [-0.2, -0.15) is 4.37 Å². The number of hydrogen-bond acceptors (Lipinski definition) is 6. The Morgan fingerprint density at radius 3 is 2.81 bits per heavy atom. The van der Waals surface area contributed by atoms with Gasteiger partial charge in [-0.25, -0.2) is 9.97 Å². The van der Waals surface area contributed by atoms with Crippen LogP contribution in [0.2, 0.25) is 5.02 Å². The molecule has 0 atom stereocenters. The highest BCUT2D eigenvalue weighted by atomic mass is 35.5. The van der Waals surface area contributed by atoms with Crippen LogP contribution in [0.1, 0.15) is 37.7 Å². The molecule has 0 aromatic carbocycles. The molecule has 0 aliphatic carbocycles. The smallest absolute Gasteiger partial charge is 0.205 e. The maximum absolute atomic E-state index is 6.06. The van der Waals surface area contributed by atoms with E-state index in [9.17, 15) is 0 Å². The first-order valence-corrected chi connectivity index (χ1v) is 10.2.